The zero-order valence-electron chi connectivity index (χ0n) is 68.3. The number of carbonyl (C=O) groups excluding carboxylic acids is 6. The van der Waals surface area contributed by atoms with Gasteiger partial charge in [0.2, 0.25) is 0 Å². The van der Waals surface area contributed by atoms with E-state index >= 15 is 0 Å². The molecule has 686 valence electrons. The molecule has 5 aromatic rings. The quantitative estimate of drug-likeness (QED) is 0.00400. The van der Waals surface area contributed by atoms with Gasteiger partial charge in [0, 0.05) is 137 Å². The number of nitro benzene ring substituents is 4. The number of rotatable bonds is 32. The number of nitrogens with two attached hydrogens (primary N) is 2. The van der Waals surface area contributed by atoms with Gasteiger partial charge in [-0.1, -0.05) is 24.4 Å². The van der Waals surface area contributed by atoms with Crippen molar-refractivity contribution in [2.24, 2.45) is 11.5 Å². The highest BCUT2D eigenvalue weighted by molar-refractivity contribution is 6.34. The number of nitro groups is 4. The van der Waals surface area contributed by atoms with Crippen LogP contribution in [0.25, 0.3) is 0 Å². The number of aromatic nitrogens is 2. The maximum Gasteiger partial charge on any atom is 0.416 e. The van der Waals surface area contributed by atoms with E-state index in [2.05, 4.69) is 20.6 Å². The zero-order valence-corrected chi connectivity index (χ0v) is 69.1. The van der Waals surface area contributed by atoms with Crippen LogP contribution in [-0.2, 0) is 69.5 Å². The largest absolute Gasteiger partial charge is 0.488 e. The Hall–Kier alpha value is -11.5. The SMILES string of the molecule is CC(C)(C)OC(=O)N1CC[C@@H](O)C1.CC(C)(C)OC(=O)N1CC[C@@H](Oc2c([N+](=O)[O-])cc(C(F)(F)F)cc2[N+](=O)[O-])C1.N=C(N)CCCCCC(=O)Cc1cc(C(F)(F)F)cc(CC(=O)c2cc(C(=O)Cc3cc(C(F)(F)F)cc(CC(=O)CCCCCC(=N)N)c3O[C@@H]3CCNC3)ncn2)c1O[C@@H]1CCNC1.O=[N+]([O-])c1cc(C(F)(F)F)cc([N+](=O)[O-])c1Cl. The monoisotopic (exact) mass is 1810 g/mol. The number of benzene rings is 4. The fourth-order valence-corrected chi connectivity index (χ4v) is 13.0. The van der Waals surface area contributed by atoms with Crippen molar-refractivity contribution in [2.75, 3.05) is 52.4 Å². The number of amidine groups is 2. The second kappa shape index (κ2) is 44.4. The van der Waals surface area contributed by atoms with Gasteiger partial charge in [-0.25, -0.2) is 19.6 Å². The molecule has 4 atom stereocenters. The normalized spacial score (nSPS) is 16.5. The Morgan fingerprint density at radius 2 is 0.800 bits per heavy atom. The van der Waals surface area contributed by atoms with Gasteiger partial charge in [0.15, 0.2) is 16.6 Å². The first-order valence-corrected chi connectivity index (χ1v) is 39.2. The van der Waals surface area contributed by atoms with Gasteiger partial charge in [-0.15, -0.1) is 0 Å². The summed E-state index contributed by atoms with van der Waals surface area (Å²) >= 11 is 5.27. The van der Waals surface area contributed by atoms with Crippen LogP contribution in [0.3, 0.4) is 0 Å². The summed E-state index contributed by atoms with van der Waals surface area (Å²) in [4.78, 5) is 127. The number of Topliss-reactive ketones (excluding diaryl/α,β-unsaturated/α-hetero) is 4. The van der Waals surface area contributed by atoms with Crippen LogP contribution in [-0.4, -0.2) is 180 Å². The van der Waals surface area contributed by atoms with E-state index in [0.717, 1.165) is 36.7 Å². The van der Waals surface area contributed by atoms with Crippen LogP contribution in [0, 0.1) is 51.3 Å². The van der Waals surface area contributed by atoms with Crippen molar-refractivity contribution in [1.29, 1.82) is 10.8 Å². The van der Waals surface area contributed by atoms with E-state index in [9.17, 15) is 127 Å². The standard InChI is InChI=1S/C46H56F6N8O6.C16H18F3N3O7.C9H17NO3.C7H2ClF3N2O4/c47-45(48,49)31-15-27(19-33(61)7-3-1-5-9-41(53)54)43(65-35-11-13-57-24-35)29(17-31)21-39(63)37-23-38(60-26-59-37)40(64)22-30-18-32(46(50,51)52)16-28(44(30)66-36-12-14-58-25-36)20-34(62)8-4-2-6-10-42(55)56;1-15(2,3)29-14(23)20-5-4-10(8-20)28-13-11(21(24)25)6-9(16(17,18)19)7-12(13)22(26)27;1-9(2,3)13-8(12)10-5-4-7(11)6-10;8-6-4(12(14)15)1-3(7(9,10)11)2-5(6)13(16)17/h15-18,23,26,35-36,57-58H,1-14,19-22,24-25H2,(H3,53,54)(H3,55,56);6-7,10H,4-5,8H2,1-3H3;7,11H,4-6H2,1-3H3;1-2H/t35-,36-;10-;7-;/m111./s1. The number of hydrogen-bond donors (Lipinski definition) is 7. The highest BCUT2D eigenvalue weighted by Crippen LogP contribution is 2.46. The van der Waals surface area contributed by atoms with E-state index in [4.69, 9.17) is 57.6 Å². The lowest BCUT2D eigenvalue weighted by Crippen LogP contribution is -2.36. The van der Waals surface area contributed by atoms with E-state index < -0.39 is 173 Å². The fraction of sp³-hybridized carbons (Fsp3) is 0.538. The number of likely N-dealkylation sites (tertiary alicyclic amines) is 2. The first kappa shape index (κ1) is 102. The van der Waals surface area contributed by atoms with Crippen molar-refractivity contribution < 1.29 is 130 Å². The van der Waals surface area contributed by atoms with Gasteiger partial charge in [0.1, 0.15) is 70.3 Å². The van der Waals surface area contributed by atoms with Crippen LogP contribution < -0.4 is 36.3 Å². The lowest BCUT2D eigenvalue weighted by Gasteiger charge is -2.24. The first-order valence-electron chi connectivity index (χ1n) is 38.8. The topological polar surface area (TPSA) is 497 Å². The third kappa shape index (κ3) is 32.8. The van der Waals surface area contributed by atoms with E-state index in [0.29, 0.717) is 110 Å². The molecule has 0 unspecified atom stereocenters. The van der Waals surface area contributed by atoms with E-state index in [-0.39, 0.29) is 137 Å². The second-order valence-corrected chi connectivity index (χ2v) is 31.7. The molecule has 1 aromatic heterocycles. The number of aliphatic hydroxyl groups is 1. The number of halogens is 13. The van der Waals surface area contributed by atoms with Crippen molar-refractivity contribution in [1.82, 2.24) is 30.4 Å². The molecule has 0 radical (unpaired) electrons. The van der Waals surface area contributed by atoms with Crippen LogP contribution in [0.4, 0.5) is 85.0 Å². The summed E-state index contributed by atoms with van der Waals surface area (Å²) < 4.78 is 190. The molecule has 0 bridgehead atoms. The zero-order chi connectivity index (χ0) is 93.6. The number of ether oxygens (including phenoxy) is 5. The molecule has 125 heavy (non-hydrogen) atoms. The van der Waals surface area contributed by atoms with Gasteiger partial charge in [-0.05, 0) is 130 Å². The van der Waals surface area contributed by atoms with Gasteiger partial charge in [0.05, 0.1) is 66.3 Å². The van der Waals surface area contributed by atoms with Crippen LogP contribution in [0.15, 0.2) is 60.9 Å². The third-order valence-corrected chi connectivity index (χ3v) is 19.1. The number of alkyl halides is 12. The molecule has 4 fully saturated rings. The number of unbranched alkanes of at least 4 members (excludes halogenated alkanes) is 4. The van der Waals surface area contributed by atoms with Crippen LogP contribution in [0.2, 0.25) is 5.02 Å². The minimum absolute atomic E-state index is 0.0119. The molecule has 9 N–H and O–H groups in total. The number of amides is 2. The van der Waals surface area contributed by atoms with Crippen molar-refractivity contribution in [3.8, 4) is 17.2 Å². The minimum atomic E-state index is -5.02. The maximum absolute atomic E-state index is 14.4. The fourth-order valence-electron chi connectivity index (χ4n) is 12.8. The molecule has 0 saturated carbocycles. The van der Waals surface area contributed by atoms with E-state index in [1.165, 1.54) is 9.80 Å². The van der Waals surface area contributed by atoms with Crippen LogP contribution in [0.5, 0.6) is 17.2 Å². The summed E-state index contributed by atoms with van der Waals surface area (Å²) in [6.45, 7) is 13.4. The Bertz CT molecular complexity index is 4540. The number of nitrogens with zero attached hydrogens (tertiary/aromatic N) is 8. The first-order chi connectivity index (χ1) is 58.0. The Morgan fingerprint density at radius 3 is 1.12 bits per heavy atom. The van der Waals surface area contributed by atoms with Crippen molar-refractivity contribution in [3.05, 3.63) is 162 Å². The lowest BCUT2D eigenvalue weighted by molar-refractivity contribution is -0.396. The van der Waals surface area contributed by atoms with Crippen LogP contribution in [0.1, 0.15) is 197 Å². The average molecular weight is 1810 g/mol. The average Bonchev–Trinajstić information content (AvgIpc) is 1.54. The molecule has 34 nitrogen and oxygen atoms in total. The molecule has 47 heteroatoms. The van der Waals surface area contributed by atoms with Gasteiger partial charge >= 0.3 is 48.3 Å². The maximum atomic E-state index is 14.4. The van der Waals surface area contributed by atoms with Gasteiger partial charge in [-0.2, -0.15) is 52.7 Å². The van der Waals surface area contributed by atoms with E-state index in [1.807, 2.05) is 20.8 Å². The molecule has 2 amide bonds. The molecule has 9 rings (SSSR count). The minimum Gasteiger partial charge on any atom is -0.488 e. The number of β-amino-alcohol motifs (C(OH)–C–C–N with tert-alkyl or cyclic N) is 1. The summed E-state index contributed by atoms with van der Waals surface area (Å²) in [6.07, 6.45) is -18.4. The molecule has 4 aliphatic rings. The summed E-state index contributed by atoms with van der Waals surface area (Å²) in [7, 11) is 0. The molecule has 4 aromatic carbocycles. The van der Waals surface area contributed by atoms with Crippen molar-refractivity contribution in [3.63, 3.8) is 0 Å². The van der Waals surface area contributed by atoms with Crippen molar-refractivity contribution >= 4 is 81.3 Å². The lowest BCUT2D eigenvalue weighted by atomic mass is 9.94. The number of nitrogens with one attached hydrogen (secondary N) is 4. The third-order valence-electron chi connectivity index (χ3n) is 18.7. The van der Waals surface area contributed by atoms with Gasteiger partial charge in [0.25, 0.3) is 17.1 Å². The van der Waals surface area contributed by atoms with E-state index in [1.54, 1.807) is 20.8 Å². The number of carbonyl (C=O) groups is 6. The number of aliphatic hydroxyl groups excluding tert-OH is 1. The predicted octanol–water partition coefficient (Wildman–Crippen LogP) is 14.9. The predicted molar refractivity (Wildman–Crippen MR) is 422 cm³/mol. The smallest absolute Gasteiger partial charge is 0.416 e. The molecule has 4 aliphatic heterocycles. The Kier molecular flexibility index (Phi) is 36.3. The summed E-state index contributed by atoms with van der Waals surface area (Å²) in [5.74, 6) is -3.32. The molecule has 5 heterocycles. The molecule has 4 saturated heterocycles. The highest BCUT2D eigenvalue weighted by atomic mass is 35.5. The summed E-state index contributed by atoms with van der Waals surface area (Å²) in [5.41, 5.74) is -1.52. The molecule has 0 spiro atoms. The van der Waals surface area contributed by atoms with Gasteiger partial charge < -0.3 is 60.7 Å². The second-order valence-electron chi connectivity index (χ2n) is 31.3. The Morgan fingerprint density at radius 1 is 0.472 bits per heavy atom. The Labute approximate surface area is 710 Å². The van der Waals surface area contributed by atoms with Crippen molar-refractivity contribution in [2.45, 2.75) is 217 Å². The Balaban J connectivity index is 0.000000329. The summed E-state index contributed by atoms with van der Waals surface area (Å²) in [6, 6.07) is 4.93. The van der Waals surface area contributed by atoms with Gasteiger partial charge in [-0.3, -0.25) is 70.5 Å². The number of hydrogen-bond acceptors (Lipinski definition) is 26. The molecule has 0 aliphatic carbocycles. The van der Waals surface area contributed by atoms with Crippen LogP contribution >= 0.6 is 11.6 Å². The summed E-state index contributed by atoms with van der Waals surface area (Å²) in [5, 5.41) is 72.5. The highest BCUT2D eigenvalue weighted by Gasteiger charge is 2.43. The molecular weight excluding hydrogens is 1720 g/mol. The number of ketones is 4. The molecular formula is C78H93ClF12N14O20.